The molecule has 1 amide bonds. The average molecular weight is 296 g/mol. The lowest BCUT2D eigenvalue weighted by Crippen LogP contribution is -2.17. The van der Waals surface area contributed by atoms with E-state index in [1.165, 1.54) is 18.2 Å². The van der Waals surface area contributed by atoms with Crippen LogP contribution in [-0.4, -0.2) is 17.3 Å². The third-order valence-corrected chi connectivity index (χ3v) is 2.64. The quantitative estimate of drug-likeness (QED) is 0.946. The van der Waals surface area contributed by atoms with Gasteiger partial charge >= 0.3 is 6.36 Å². The highest BCUT2D eigenvalue weighted by molar-refractivity contribution is 5.98. The number of benzene rings is 1. The Labute approximate surface area is 118 Å². The number of amides is 1. The third-order valence-electron chi connectivity index (χ3n) is 2.64. The molecule has 7 heteroatoms. The number of nitrogens with zero attached hydrogens (tertiary/aromatic N) is 1. The summed E-state index contributed by atoms with van der Waals surface area (Å²) in [5, 5.41) is 0. The number of hydrogen-bond donors (Lipinski definition) is 1. The van der Waals surface area contributed by atoms with Gasteiger partial charge in [-0.15, -0.1) is 13.2 Å². The number of ether oxygens (including phenoxy) is 1. The maximum Gasteiger partial charge on any atom is 0.573 e. The predicted molar refractivity (Wildman–Crippen MR) is 69.6 cm³/mol. The summed E-state index contributed by atoms with van der Waals surface area (Å²) < 4.78 is 40.6. The van der Waals surface area contributed by atoms with Crippen molar-refractivity contribution in [2.24, 2.45) is 5.73 Å². The van der Waals surface area contributed by atoms with Gasteiger partial charge in [0.25, 0.3) is 5.91 Å². The zero-order chi connectivity index (χ0) is 15.6. The molecule has 2 N–H and O–H groups in total. The molecule has 0 saturated carbocycles. The molecule has 0 aliphatic rings. The highest BCUT2D eigenvalue weighted by atomic mass is 19.4. The molecule has 1 aromatic carbocycles. The van der Waals surface area contributed by atoms with Crippen LogP contribution in [0.1, 0.15) is 16.1 Å². The highest BCUT2D eigenvalue weighted by Gasteiger charge is 2.31. The van der Waals surface area contributed by atoms with Crippen molar-refractivity contribution in [3.8, 4) is 17.0 Å². The number of rotatable bonds is 3. The fraction of sp³-hybridized carbons (Fsp3) is 0.143. The Morgan fingerprint density at radius 1 is 1.24 bits per heavy atom. The molecule has 0 bridgehead atoms. The maximum atomic E-state index is 12.2. The first kappa shape index (κ1) is 14.8. The van der Waals surface area contributed by atoms with E-state index >= 15 is 0 Å². The van der Waals surface area contributed by atoms with Crippen molar-refractivity contribution in [1.29, 1.82) is 0 Å². The number of alkyl halides is 3. The van der Waals surface area contributed by atoms with E-state index in [9.17, 15) is 18.0 Å². The van der Waals surface area contributed by atoms with Crippen molar-refractivity contribution < 1.29 is 22.7 Å². The molecule has 2 rings (SSSR count). The molecule has 0 unspecified atom stereocenters. The zero-order valence-corrected chi connectivity index (χ0v) is 10.9. The van der Waals surface area contributed by atoms with Crippen LogP contribution >= 0.6 is 0 Å². The number of hydrogen-bond acceptors (Lipinski definition) is 3. The first-order valence-corrected chi connectivity index (χ1v) is 5.90. The second-order valence-electron chi connectivity index (χ2n) is 4.29. The van der Waals surface area contributed by atoms with Crippen LogP contribution in [0.15, 0.2) is 36.4 Å². The SMILES string of the molecule is Cc1ccc(C(N)=O)c(-c2cccc(OC(F)(F)F)c2)n1. The van der Waals surface area contributed by atoms with Gasteiger partial charge in [-0.3, -0.25) is 9.78 Å². The van der Waals surface area contributed by atoms with E-state index in [1.807, 2.05) is 0 Å². The first-order chi connectivity index (χ1) is 9.76. The molecule has 0 aliphatic carbocycles. The number of carbonyl (C=O) groups excluding carboxylic acids is 1. The van der Waals surface area contributed by atoms with Gasteiger partial charge in [-0.25, -0.2) is 0 Å². The summed E-state index contributed by atoms with van der Waals surface area (Å²) in [7, 11) is 0. The topological polar surface area (TPSA) is 65.2 Å². The van der Waals surface area contributed by atoms with Gasteiger partial charge < -0.3 is 10.5 Å². The molecule has 0 spiro atoms. The van der Waals surface area contributed by atoms with Crippen LogP contribution < -0.4 is 10.5 Å². The van der Waals surface area contributed by atoms with E-state index in [-0.39, 0.29) is 11.3 Å². The Morgan fingerprint density at radius 3 is 2.57 bits per heavy atom. The second kappa shape index (κ2) is 5.43. The Hall–Kier alpha value is -2.57. The van der Waals surface area contributed by atoms with Crippen molar-refractivity contribution in [2.45, 2.75) is 13.3 Å². The van der Waals surface area contributed by atoms with Crippen LogP contribution in [0, 0.1) is 6.92 Å². The van der Waals surface area contributed by atoms with Gasteiger partial charge in [0.1, 0.15) is 5.75 Å². The van der Waals surface area contributed by atoms with E-state index in [0.717, 1.165) is 12.1 Å². The minimum atomic E-state index is -4.79. The van der Waals surface area contributed by atoms with Crippen LogP contribution in [0.5, 0.6) is 5.75 Å². The van der Waals surface area contributed by atoms with E-state index in [1.54, 1.807) is 13.0 Å². The van der Waals surface area contributed by atoms with Crippen LogP contribution in [-0.2, 0) is 0 Å². The third kappa shape index (κ3) is 3.71. The standard InChI is InChI=1S/C14H11F3N2O2/c1-8-5-6-11(13(18)20)12(19-8)9-3-2-4-10(7-9)21-14(15,16)17/h2-7H,1H3,(H2,18,20). The molecule has 110 valence electrons. The second-order valence-corrected chi connectivity index (χ2v) is 4.29. The minimum absolute atomic E-state index is 0.129. The van der Waals surface area contributed by atoms with E-state index < -0.39 is 18.0 Å². The molecule has 0 fully saturated rings. The van der Waals surface area contributed by atoms with Crippen LogP contribution in [0.4, 0.5) is 13.2 Å². The van der Waals surface area contributed by atoms with E-state index in [4.69, 9.17) is 5.73 Å². The number of nitrogens with two attached hydrogens (primary N) is 1. The molecule has 4 nitrogen and oxygen atoms in total. The number of aryl methyl sites for hydroxylation is 1. The molecule has 1 aromatic heterocycles. The Kier molecular flexibility index (Phi) is 3.84. The molecule has 2 aromatic rings. The molecular formula is C14H11F3N2O2. The van der Waals surface area contributed by atoms with Crippen molar-refractivity contribution in [3.05, 3.63) is 47.7 Å². The van der Waals surface area contributed by atoms with Crippen molar-refractivity contribution in [3.63, 3.8) is 0 Å². The number of halogens is 3. The minimum Gasteiger partial charge on any atom is -0.406 e. The van der Waals surface area contributed by atoms with Crippen molar-refractivity contribution in [2.75, 3.05) is 0 Å². The lowest BCUT2D eigenvalue weighted by atomic mass is 10.0. The number of primary amides is 1. The fourth-order valence-electron chi connectivity index (χ4n) is 1.82. The lowest BCUT2D eigenvalue weighted by molar-refractivity contribution is -0.274. The van der Waals surface area contributed by atoms with Gasteiger partial charge in [0.2, 0.25) is 0 Å². The van der Waals surface area contributed by atoms with Gasteiger partial charge in [0.05, 0.1) is 11.3 Å². The molecule has 0 aliphatic heterocycles. The molecular weight excluding hydrogens is 285 g/mol. The Balaban J connectivity index is 2.50. The largest absolute Gasteiger partial charge is 0.573 e. The van der Waals surface area contributed by atoms with Gasteiger partial charge in [-0.05, 0) is 31.2 Å². The van der Waals surface area contributed by atoms with Crippen molar-refractivity contribution >= 4 is 5.91 Å². The van der Waals surface area contributed by atoms with Crippen molar-refractivity contribution in [1.82, 2.24) is 4.98 Å². The summed E-state index contributed by atoms with van der Waals surface area (Å²) in [6.45, 7) is 1.70. The van der Waals surface area contributed by atoms with Gasteiger partial charge in [-0.1, -0.05) is 12.1 Å². The summed E-state index contributed by atoms with van der Waals surface area (Å²) in [4.78, 5) is 15.6. The molecule has 0 atom stereocenters. The van der Waals surface area contributed by atoms with Gasteiger partial charge in [0, 0.05) is 11.3 Å². The van der Waals surface area contributed by atoms with Gasteiger partial charge in [0.15, 0.2) is 0 Å². The lowest BCUT2D eigenvalue weighted by Gasteiger charge is -2.11. The smallest absolute Gasteiger partial charge is 0.406 e. The number of carbonyl (C=O) groups is 1. The Bertz CT molecular complexity index is 684. The summed E-state index contributed by atoms with van der Waals surface area (Å²) in [6, 6.07) is 8.30. The number of pyridine rings is 1. The number of aromatic nitrogens is 1. The first-order valence-electron chi connectivity index (χ1n) is 5.90. The molecule has 21 heavy (non-hydrogen) atoms. The average Bonchev–Trinajstić information content (AvgIpc) is 2.36. The van der Waals surface area contributed by atoms with E-state index in [2.05, 4.69) is 9.72 Å². The Morgan fingerprint density at radius 2 is 1.95 bits per heavy atom. The van der Waals surface area contributed by atoms with E-state index in [0.29, 0.717) is 11.3 Å². The predicted octanol–water partition coefficient (Wildman–Crippen LogP) is 3.05. The van der Waals surface area contributed by atoms with Crippen LogP contribution in [0.2, 0.25) is 0 Å². The van der Waals surface area contributed by atoms with Crippen LogP contribution in [0.25, 0.3) is 11.3 Å². The monoisotopic (exact) mass is 296 g/mol. The van der Waals surface area contributed by atoms with Crippen LogP contribution in [0.3, 0.4) is 0 Å². The summed E-state index contributed by atoms with van der Waals surface area (Å²) in [5.41, 5.74) is 6.52. The summed E-state index contributed by atoms with van der Waals surface area (Å²) in [5.74, 6) is -1.10. The van der Waals surface area contributed by atoms with Gasteiger partial charge in [-0.2, -0.15) is 0 Å². The molecule has 1 heterocycles. The molecule has 0 radical (unpaired) electrons. The normalized spacial score (nSPS) is 11.2. The molecule has 0 saturated heterocycles. The summed E-state index contributed by atoms with van der Waals surface area (Å²) in [6.07, 6.45) is -4.79. The fourth-order valence-corrected chi connectivity index (χ4v) is 1.82. The zero-order valence-electron chi connectivity index (χ0n) is 10.9. The highest BCUT2D eigenvalue weighted by Crippen LogP contribution is 2.28. The summed E-state index contributed by atoms with van der Waals surface area (Å²) >= 11 is 0. The maximum absolute atomic E-state index is 12.2.